The first-order valence-corrected chi connectivity index (χ1v) is 8.16. The van der Waals surface area contributed by atoms with Crippen LogP contribution in [0.2, 0.25) is 0 Å². The van der Waals surface area contributed by atoms with Crippen LogP contribution in [0.15, 0.2) is 30.3 Å². The van der Waals surface area contributed by atoms with Crippen LogP contribution >= 0.6 is 0 Å². The number of hydrogen-bond acceptors (Lipinski definition) is 4. The fourth-order valence-electron chi connectivity index (χ4n) is 2.00. The van der Waals surface area contributed by atoms with E-state index in [1.54, 1.807) is 32.9 Å². The van der Waals surface area contributed by atoms with Crippen molar-refractivity contribution in [3.05, 3.63) is 41.7 Å². The zero-order chi connectivity index (χ0) is 19.0. The zero-order valence-electron chi connectivity index (χ0n) is 15.6. The van der Waals surface area contributed by atoms with Gasteiger partial charge in [-0.3, -0.25) is 9.59 Å². The maximum absolute atomic E-state index is 13.2. The molecule has 0 atom stereocenters. The molecule has 0 fully saturated rings. The maximum atomic E-state index is 13.2. The molecule has 1 aromatic carbocycles. The van der Waals surface area contributed by atoms with Crippen LogP contribution in [-0.2, 0) is 14.3 Å². The van der Waals surface area contributed by atoms with Crippen molar-refractivity contribution in [2.24, 2.45) is 0 Å². The van der Waals surface area contributed by atoms with Crippen molar-refractivity contribution < 1.29 is 18.7 Å². The van der Waals surface area contributed by atoms with Gasteiger partial charge in [0.15, 0.2) is 0 Å². The number of nitrogens with zero attached hydrogens (tertiary/aromatic N) is 2. The van der Waals surface area contributed by atoms with E-state index in [9.17, 15) is 14.0 Å². The molecule has 0 radical (unpaired) electrons. The molecule has 0 bridgehead atoms. The zero-order valence-corrected chi connectivity index (χ0v) is 15.6. The van der Waals surface area contributed by atoms with Crippen LogP contribution in [0.1, 0.15) is 26.3 Å². The van der Waals surface area contributed by atoms with Crippen molar-refractivity contribution in [1.29, 1.82) is 0 Å². The molecule has 6 heteroatoms. The van der Waals surface area contributed by atoms with E-state index >= 15 is 0 Å². The molecule has 0 saturated heterocycles. The number of amides is 1. The Morgan fingerprint density at radius 2 is 1.88 bits per heavy atom. The highest BCUT2D eigenvalue weighted by molar-refractivity contribution is 5.93. The molecule has 25 heavy (non-hydrogen) atoms. The number of esters is 1. The molecule has 0 spiro atoms. The number of likely N-dealkylation sites (N-methyl/N-ethyl adjacent to an activating group) is 1. The van der Waals surface area contributed by atoms with Gasteiger partial charge in [-0.05, 0) is 58.6 Å². The van der Waals surface area contributed by atoms with Gasteiger partial charge in [0, 0.05) is 19.2 Å². The molecular weight excluding hydrogens is 323 g/mol. The molecule has 1 rings (SSSR count). The third-order valence-electron chi connectivity index (χ3n) is 3.14. The van der Waals surface area contributed by atoms with Gasteiger partial charge >= 0.3 is 5.97 Å². The highest BCUT2D eigenvalue weighted by Crippen LogP contribution is 2.09. The molecule has 0 aliphatic rings. The standard InChI is InChI=1S/C19H27FN2O3/c1-19(2,3)25-18(24)14-22(12-11-21(4)5)17(23)10-9-15-7-6-8-16(20)13-15/h6-10,13H,11-12,14H2,1-5H3. The first-order chi connectivity index (χ1) is 11.6. The summed E-state index contributed by atoms with van der Waals surface area (Å²) < 4.78 is 18.5. The molecule has 0 aromatic heterocycles. The average Bonchev–Trinajstić information content (AvgIpc) is 2.47. The van der Waals surface area contributed by atoms with Gasteiger partial charge in [-0.15, -0.1) is 0 Å². The van der Waals surface area contributed by atoms with Gasteiger partial charge in [0.2, 0.25) is 5.91 Å². The number of carbonyl (C=O) groups is 2. The second-order valence-corrected chi connectivity index (χ2v) is 7.04. The topological polar surface area (TPSA) is 49.9 Å². The highest BCUT2D eigenvalue weighted by atomic mass is 19.1. The van der Waals surface area contributed by atoms with E-state index < -0.39 is 11.6 Å². The normalized spacial score (nSPS) is 11.8. The summed E-state index contributed by atoms with van der Waals surface area (Å²) in [4.78, 5) is 27.8. The number of ether oxygens (including phenoxy) is 1. The molecule has 0 heterocycles. The first kappa shape index (κ1) is 20.8. The summed E-state index contributed by atoms with van der Waals surface area (Å²) in [6, 6.07) is 5.95. The summed E-state index contributed by atoms with van der Waals surface area (Å²) in [5.41, 5.74) is -0.0247. The molecule has 0 N–H and O–H groups in total. The summed E-state index contributed by atoms with van der Waals surface area (Å²) in [6.45, 7) is 6.21. The fourth-order valence-corrected chi connectivity index (χ4v) is 2.00. The third-order valence-corrected chi connectivity index (χ3v) is 3.14. The number of rotatable bonds is 7. The van der Waals surface area contributed by atoms with Crippen molar-refractivity contribution in [3.8, 4) is 0 Å². The van der Waals surface area contributed by atoms with E-state index in [0.717, 1.165) is 0 Å². The van der Waals surface area contributed by atoms with E-state index in [0.29, 0.717) is 18.7 Å². The van der Waals surface area contributed by atoms with Gasteiger partial charge in [-0.1, -0.05) is 12.1 Å². The summed E-state index contributed by atoms with van der Waals surface area (Å²) in [5.74, 6) is -1.15. The van der Waals surface area contributed by atoms with Crippen molar-refractivity contribution in [3.63, 3.8) is 0 Å². The van der Waals surface area contributed by atoms with Crippen LogP contribution in [-0.4, -0.2) is 61.0 Å². The number of benzene rings is 1. The SMILES string of the molecule is CN(C)CCN(CC(=O)OC(C)(C)C)C(=O)C=Cc1cccc(F)c1. The molecule has 1 aromatic rings. The van der Waals surface area contributed by atoms with Crippen molar-refractivity contribution in [1.82, 2.24) is 9.80 Å². The minimum atomic E-state index is -0.606. The summed E-state index contributed by atoms with van der Waals surface area (Å²) >= 11 is 0. The number of hydrogen-bond donors (Lipinski definition) is 0. The summed E-state index contributed by atoms with van der Waals surface area (Å²) in [5, 5.41) is 0. The Labute approximate surface area is 149 Å². The lowest BCUT2D eigenvalue weighted by Gasteiger charge is -2.25. The minimum Gasteiger partial charge on any atom is -0.459 e. The number of carbonyl (C=O) groups excluding carboxylic acids is 2. The Balaban J connectivity index is 2.79. The summed E-state index contributed by atoms with van der Waals surface area (Å²) in [7, 11) is 3.78. The predicted octanol–water partition coefficient (Wildman–Crippen LogP) is 2.57. The second-order valence-electron chi connectivity index (χ2n) is 7.04. The fraction of sp³-hybridized carbons (Fsp3) is 0.474. The Bertz CT molecular complexity index is 621. The smallest absolute Gasteiger partial charge is 0.326 e. The van der Waals surface area contributed by atoms with Gasteiger partial charge in [0.05, 0.1) is 0 Å². The van der Waals surface area contributed by atoms with Gasteiger partial charge in [0.25, 0.3) is 0 Å². The maximum Gasteiger partial charge on any atom is 0.326 e. The van der Waals surface area contributed by atoms with Gasteiger partial charge in [-0.2, -0.15) is 0 Å². The lowest BCUT2D eigenvalue weighted by Crippen LogP contribution is -2.41. The molecule has 0 unspecified atom stereocenters. The van der Waals surface area contributed by atoms with E-state index in [4.69, 9.17) is 4.74 Å². The molecule has 0 aliphatic heterocycles. The van der Waals surface area contributed by atoms with Crippen LogP contribution in [0.5, 0.6) is 0 Å². The Hall–Kier alpha value is -2.21. The summed E-state index contributed by atoms with van der Waals surface area (Å²) in [6.07, 6.45) is 2.87. The Morgan fingerprint density at radius 3 is 2.44 bits per heavy atom. The molecule has 1 amide bonds. The quantitative estimate of drug-likeness (QED) is 0.560. The lowest BCUT2D eigenvalue weighted by molar-refractivity contribution is -0.158. The van der Waals surface area contributed by atoms with Crippen LogP contribution in [0.4, 0.5) is 4.39 Å². The van der Waals surface area contributed by atoms with E-state index in [1.165, 1.54) is 29.2 Å². The van der Waals surface area contributed by atoms with Gasteiger partial charge in [0.1, 0.15) is 18.0 Å². The Morgan fingerprint density at radius 1 is 1.20 bits per heavy atom. The van der Waals surface area contributed by atoms with E-state index in [2.05, 4.69) is 0 Å². The van der Waals surface area contributed by atoms with Crippen molar-refractivity contribution in [2.75, 3.05) is 33.7 Å². The number of halogens is 1. The first-order valence-electron chi connectivity index (χ1n) is 8.16. The molecule has 138 valence electrons. The largest absolute Gasteiger partial charge is 0.459 e. The van der Waals surface area contributed by atoms with E-state index in [-0.39, 0.29) is 18.3 Å². The van der Waals surface area contributed by atoms with Crippen molar-refractivity contribution >= 4 is 18.0 Å². The van der Waals surface area contributed by atoms with Crippen LogP contribution in [0, 0.1) is 5.82 Å². The van der Waals surface area contributed by atoms with Crippen LogP contribution < -0.4 is 0 Å². The van der Waals surface area contributed by atoms with Gasteiger partial charge < -0.3 is 14.5 Å². The third kappa shape index (κ3) is 9.00. The second kappa shape index (κ2) is 9.32. The molecule has 0 aliphatic carbocycles. The van der Waals surface area contributed by atoms with Crippen molar-refractivity contribution in [2.45, 2.75) is 26.4 Å². The van der Waals surface area contributed by atoms with E-state index in [1.807, 2.05) is 19.0 Å². The highest BCUT2D eigenvalue weighted by Gasteiger charge is 2.21. The monoisotopic (exact) mass is 350 g/mol. The Kier molecular flexibility index (Phi) is 7.77. The average molecular weight is 350 g/mol. The lowest BCUT2D eigenvalue weighted by atomic mass is 10.2. The van der Waals surface area contributed by atoms with Crippen LogP contribution in [0.25, 0.3) is 6.08 Å². The minimum absolute atomic E-state index is 0.128. The van der Waals surface area contributed by atoms with Crippen LogP contribution in [0.3, 0.4) is 0 Å². The van der Waals surface area contributed by atoms with Gasteiger partial charge in [-0.25, -0.2) is 4.39 Å². The molecular formula is C19H27FN2O3. The molecule has 0 saturated carbocycles. The molecule has 5 nitrogen and oxygen atoms in total. The predicted molar refractivity (Wildman–Crippen MR) is 96.4 cm³/mol.